The van der Waals surface area contributed by atoms with E-state index in [1.54, 1.807) is 27.7 Å². The highest BCUT2D eigenvalue weighted by Gasteiger charge is 2.53. The Hall–Kier alpha value is -5.04. The van der Waals surface area contributed by atoms with Crippen LogP contribution in [-0.4, -0.2) is 73.5 Å². The molecule has 2 aliphatic rings. The van der Waals surface area contributed by atoms with Crippen LogP contribution in [0.1, 0.15) is 23.2 Å². The summed E-state index contributed by atoms with van der Waals surface area (Å²) in [5.74, 6) is -4.08. The molecule has 2 aliphatic heterocycles. The Morgan fingerprint density at radius 1 is 1.33 bits per heavy atom. The van der Waals surface area contributed by atoms with Gasteiger partial charge in [0, 0.05) is 51.5 Å². The fraction of sp³-hybridized carbons (Fsp3) is 0.226. The van der Waals surface area contributed by atoms with Crippen LogP contribution in [0.4, 0.5) is 9.52 Å². The number of aliphatic carboxylic acids is 1. The van der Waals surface area contributed by atoms with Crippen molar-refractivity contribution in [3.8, 4) is 0 Å². The molecule has 6 rings (SSSR count). The predicted octanol–water partition coefficient (Wildman–Crippen LogP) is 1.99. The summed E-state index contributed by atoms with van der Waals surface area (Å²) in [5.41, 5.74) is 12.4. The number of hydrogen-bond donors (Lipinski definition) is 4. The van der Waals surface area contributed by atoms with Crippen LogP contribution in [-0.2, 0) is 37.1 Å². The van der Waals surface area contributed by atoms with Crippen LogP contribution < -0.4 is 21.1 Å². The Labute approximate surface area is 306 Å². The minimum atomic E-state index is -1.51. The number of carboxylic acids is 1. The Morgan fingerprint density at radius 2 is 2.06 bits per heavy atom. The number of anilines is 1. The number of Topliss-reactive ketones (excluding diaryl/α,β-unsaturated/α-hetero) is 1. The van der Waals surface area contributed by atoms with Crippen LogP contribution >= 0.6 is 46.3 Å². The number of ketones is 1. The molecule has 1 aromatic carbocycles. The first kappa shape index (κ1) is 37.2. The predicted molar refractivity (Wildman–Crippen MR) is 186 cm³/mol. The molecule has 0 radical (unpaired) electrons. The number of halogens is 3. The molecule has 20 heteroatoms. The number of aromatic nitrogens is 3. The first-order chi connectivity index (χ1) is 24.3. The largest absolute Gasteiger partial charge is 0.543 e. The number of β-lactam (4-membered cyclic amide) rings is 1. The number of nitrogens with zero attached hydrogens (tertiary/aromatic N) is 5. The number of nitrogens with two attached hydrogens (primary N) is 2. The molecule has 1 saturated heterocycles. The number of carbonyl (C=O) groups excluding carboxylic acids is 3. The Morgan fingerprint density at radius 3 is 2.67 bits per heavy atom. The SMILES string of the molecule is CO/N=C(\C(=O)C[C@@H]1C(=O)N2C(C(=O)[O-])=C(C[n+]3ccc4ccn(Cc5c(F)cc(C(=N)N)cc5Cl)c4c3)CS[C@H]12)c1nc(N)sc1Cl.O=CO. The summed E-state index contributed by atoms with van der Waals surface area (Å²) in [5, 5.41) is 31.1. The monoisotopic (exact) mass is 776 g/mol. The Kier molecular flexibility index (Phi) is 11.3. The average molecular weight is 778 g/mol. The summed E-state index contributed by atoms with van der Waals surface area (Å²) >= 11 is 14.8. The Bertz CT molecular complexity index is 2130. The molecule has 15 nitrogen and oxygen atoms in total. The fourth-order valence-electron chi connectivity index (χ4n) is 5.71. The molecule has 266 valence electrons. The number of thioether (sulfide) groups is 1. The highest BCUT2D eigenvalue weighted by Crippen LogP contribution is 2.45. The molecule has 0 spiro atoms. The van der Waals surface area contributed by atoms with Crippen molar-refractivity contribution in [2.45, 2.75) is 24.9 Å². The van der Waals surface area contributed by atoms with E-state index in [4.69, 9.17) is 54.8 Å². The van der Waals surface area contributed by atoms with Crippen molar-refractivity contribution in [2.75, 3.05) is 18.6 Å². The molecule has 2 atom stereocenters. The van der Waals surface area contributed by atoms with E-state index in [1.807, 2.05) is 12.1 Å². The normalized spacial score (nSPS) is 17.0. The van der Waals surface area contributed by atoms with E-state index in [1.165, 1.54) is 24.9 Å². The molecular weight excluding hydrogens is 750 g/mol. The van der Waals surface area contributed by atoms with Gasteiger partial charge in [0.25, 0.3) is 6.47 Å². The molecule has 0 unspecified atom stereocenters. The number of amides is 1. The number of benzene rings is 1. The number of hydrogen-bond acceptors (Lipinski definition) is 12. The first-order valence-electron chi connectivity index (χ1n) is 14.6. The van der Waals surface area contributed by atoms with Gasteiger partial charge in [-0.05, 0) is 18.2 Å². The number of nitrogen functional groups attached to an aromatic ring is 2. The Balaban J connectivity index is 0.00000162. The number of carboxylic acid groups (broad SMARTS) is 2. The lowest BCUT2D eigenvalue weighted by Gasteiger charge is -2.50. The van der Waals surface area contributed by atoms with Crippen molar-refractivity contribution in [2.24, 2.45) is 16.8 Å². The van der Waals surface area contributed by atoms with Gasteiger partial charge in [0.15, 0.2) is 35.6 Å². The number of thiazole rings is 1. The van der Waals surface area contributed by atoms with Crippen LogP contribution in [0.25, 0.3) is 10.9 Å². The second kappa shape index (κ2) is 15.5. The lowest BCUT2D eigenvalue weighted by molar-refractivity contribution is -0.687. The third-order valence-electron chi connectivity index (χ3n) is 7.96. The average Bonchev–Trinajstić information content (AvgIpc) is 3.64. The number of amidine groups is 1. The third-order valence-corrected chi connectivity index (χ3v) is 10.8. The third kappa shape index (κ3) is 7.53. The van der Waals surface area contributed by atoms with Gasteiger partial charge < -0.3 is 35.9 Å². The van der Waals surface area contributed by atoms with E-state index in [-0.39, 0.29) is 80.3 Å². The van der Waals surface area contributed by atoms with Crippen molar-refractivity contribution >= 4 is 98.0 Å². The molecule has 0 bridgehead atoms. The second-order valence-corrected chi connectivity index (χ2v) is 14.2. The maximum Gasteiger partial charge on any atom is 0.290 e. The number of rotatable bonds is 11. The first-order valence-corrected chi connectivity index (χ1v) is 17.2. The van der Waals surface area contributed by atoms with Crippen LogP contribution in [0.15, 0.2) is 59.3 Å². The standard InChI is InChI=1S/C30H25Cl2FN8O5S2.CH2O2/c1-46-38-22(23-25(32)48-30(36)37-23)21(42)8-16-27(43)41-24(29(44)45)15(12-47-28(16)41)9-39-4-2-13-3-5-40(20(13)11-39)10-17-18(31)6-14(26(34)35)7-19(17)33;2-1-3/h2-7,11,16,28H,8-10,12H2,1H3,(H5-,34,35,36,37,44,45);1H,(H,2,3)/b38-22+;/t16-,28-;/m1./s1. The summed E-state index contributed by atoms with van der Waals surface area (Å²) in [6, 6.07) is 6.28. The number of nitrogens with one attached hydrogen (secondary N) is 1. The van der Waals surface area contributed by atoms with Crippen molar-refractivity contribution in [1.82, 2.24) is 14.5 Å². The zero-order chi connectivity index (χ0) is 37.1. The lowest BCUT2D eigenvalue weighted by atomic mass is 9.89. The van der Waals surface area contributed by atoms with Gasteiger partial charge in [-0.1, -0.05) is 39.7 Å². The number of fused-ring (bicyclic) bond motifs is 2. The molecular formula is C31H27Cl2FN8O7S2. The van der Waals surface area contributed by atoms with E-state index in [9.17, 15) is 23.9 Å². The molecule has 1 amide bonds. The van der Waals surface area contributed by atoms with Gasteiger partial charge in [-0.25, -0.2) is 9.37 Å². The molecule has 51 heavy (non-hydrogen) atoms. The summed E-state index contributed by atoms with van der Waals surface area (Å²) < 4.78 is 18.6. The maximum absolute atomic E-state index is 14.9. The zero-order valence-electron chi connectivity index (χ0n) is 26.3. The van der Waals surface area contributed by atoms with E-state index in [0.717, 1.165) is 33.2 Å². The molecule has 1 fully saturated rings. The van der Waals surface area contributed by atoms with Crippen LogP contribution in [0.5, 0.6) is 0 Å². The molecule has 3 aromatic heterocycles. The summed E-state index contributed by atoms with van der Waals surface area (Å²) in [7, 11) is 1.25. The van der Waals surface area contributed by atoms with Crippen molar-refractivity contribution in [3.63, 3.8) is 0 Å². The minimum Gasteiger partial charge on any atom is -0.543 e. The quantitative estimate of drug-likeness (QED) is 0.0429. The van der Waals surface area contributed by atoms with Gasteiger partial charge in [0.05, 0.1) is 29.5 Å². The van der Waals surface area contributed by atoms with Gasteiger partial charge in [0.1, 0.15) is 34.3 Å². The second-order valence-electron chi connectivity index (χ2n) is 11.0. The number of pyridine rings is 1. The fourth-order valence-corrected chi connectivity index (χ4v) is 8.31. The zero-order valence-corrected chi connectivity index (χ0v) is 29.5. The number of oxime groups is 1. The van der Waals surface area contributed by atoms with Crippen LogP contribution in [0.3, 0.4) is 0 Å². The molecule has 5 heterocycles. The smallest absolute Gasteiger partial charge is 0.290 e. The molecule has 0 saturated carbocycles. The van der Waals surface area contributed by atoms with Gasteiger partial charge >= 0.3 is 0 Å². The summed E-state index contributed by atoms with van der Waals surface area (Å²) in [6.07, 6.45) is 5.05. The number of carbonyl (C=O) groups is 4. The van der Waals surface area contributed by atoms with E-state index in [0.29, 0.717) is 5.57 Å². The molecule has 4 aromatic rings. The van der Waals surface area contributed by atoms with E-state index >= 15 is 0 Å². The van der Waals surface area contributed by atoms with E-state index < -0.39 is 34.8 Å². The lowest BCUT2D eigenvalue weighted by Crippen LogP contribution is -2.63. The van der Waals surface area contributed by atoms with Crippen LogP contribution in [0.2, 0.25) is 9.36 Å². The van der Waals surface area contributed by atoms with Crippen molar-refractivity contribution < 1.29 is 43.2 Å². The van der Waals surface area contributed by atoms with Gasteiger partial charge in [0.2, 0.25) is 5.91 Å². The summed E-state index contributed by atoms with van der Waals surface area (Å²) in [6.45, 7) is -0.0451. The minimum absolute atomic E-state index is 0.0443. The van der Waals surface area contributed by atoms with Crippen molar-refractivity contribution in [3.05, 3.63) is 86.1 Å². The highest BCUT2D eigenvalue weighted by molar-refractivity contribution is 8.00. The maximum atomic E-state index is 14.9. The van der Waals surface area contributed by atoms with Crippen LogP contribution in [0, 0.1) is 17.1 Å². The molecule has 6 N–H and O–H groups in total. The van der Waals surface area contributed by atoms with Crippen molar-refractivity contribution in [1.29, 1.82) is 5.41 Å². The molecule has 0 aliphatic carbocycles. The topological polar surface area (TPSA) is 234 Å². The highest BCUT2D eigenvalue weighted by atomic mass is 35.5. The van der Waals surface area contributed by atoms with Gasteiger partial charge in [-0.2, -0.15) is 4.57 Å². The van der Waals surface area contributed by atoms with Gasteiger partial charge in [-0.15, -0.1) is 11.8 Å². The van der Waals surface area contributed by atoms with Gasteiger partial charge in [-0.3, -0.25) is 24.7 Å². The summed E-state index contributed by atoms with van der Waals surface area (Å²) in [4.78, 5) is 57.4. The van der Waals surface area contributed by atoms with E-state index in [2.05, 4.69) is 10.1 Å².